The van der Waals surface area contributed by atoms with E-state index in [1.54, 1.807) is 11.7 Å². The van der Waals surface area contributed by atoms with E-state index in [-0.39, 0.29) is 0 Å². The molecule has 0 saturated heterocycles. The molecule has 2 aromatic rings. The van der Waals surface area contributed by atoms with E-state index in [0.717, 1.165) is 29.3 Å². The van der Waals surface area contributed by atoms with Crippen LogP contribution in [0, 0.1) is 6.92 Å². The molecule has 0 bridgehead atoms. The van der Waals surface area contributed by atoms with Gasteiger partial charge in [0.2, 0.25) is 5.16 Å². The number of hydrogen-bond donors (Lipinski definition) is 0. The molecule has 0 fully saturated rings. The lowest BCUT2D eigenvalue weighted by molar-refractivity contribution is 0.663. The minimum absolute atomic E-state index is 0.492. The molecule has 2 heterocycles. The van der Waals surface area contributed by atoms with E-state index in [1.165, 1.54) is 11.8 Å². The number of tetrazole rings is 1. The maximum atomic E-state index is 6.11. The normalized spacial score (nSPS) is 10.9. The average Bonchev–Trinajstić information content (AvgIpc) is 2.72. The Morgan fingerprint density at radius 1 is 1.33 bits per heavy atom. The summed E-state index contributed by atoms with van der Waals surface area (Å²) in [6, 6.07) is 0. The van der Waals surface area contributed by atoms with Crippen LogP contribution in [-0.2, 0) is 13.5 Å². The van der Waals surface area contributed by atoms with Gasteiger partial charge in [-0.3, -0.25) is 0 Å². The van der Waals surface area contributed by atoms with Crippen molar-refractivity contribution in [3.8, 4) is 0 Å². The molecule has 96 valence electrons. The van der Waals surface area contributed by atoms with Crippen LogP contribution in [0.25, 0.3) is 0 Å². The Morgan fingerprint density at radius 3 is 2.72 bits per heavy atom. The van der Waals surface area contributed by atoms with E-state index in [4.69, 9.17) is 11.6 Å². The second-order valence-corrected chi connectivity index (χ2v) is 5.11. The quantitative estimate of drug-likeness (QED) is 0.801. The molecule has 0 unspecified atom stereocenters. The molecular formula is C10H13ClN6S. The second-order valence-electron chi connectivity index (χ2n) is 3.80. The van der Waals surface area contributed by atoms with Gasteiger partial charge in [-0.2, -0.15) is 0 Å². The minimum atomic E-state index is 0.492. The molecule has 18 heavy (non-hydrogen) atoms. The summed E-state index contributed by atoms with van der Waals surface area (Å²) in [7, 11) is 1.79. The molecule has 0 aliphatic heterocycles. The Labute approximate surface area is 114 Å². The van der Waals surface area contributed by atoms with Gasteiger partial charge in [-0.1, -0.05) is 18.5 Å². The van der Waals surface area contributed by atoms with Crippen LogP contribution in [0.3, 0.4) is 0 Å². The van der Waals surface area contributed by atoms with Gasteiger partial charge >= 0.3 is 0 Å². The molecule has 6 nitrogen and oxygen atoms in total. The summed E-state index contributed by atoms with van der Waals surface area (Å²) >= 11 is 7.50. The molecule has 2 rings (SSSR count). The topological polar surface area (TPSA) is 69.4 Å². The average molecular weight is 285 g/mol. The molecule has 0 N–H and O–H groups in total. The van der Waals surface area contributed by atoms with Gasteiger partial charge in [-0.15, -0.1) is 5.10 Å². The zero-order chi connectivity index (χ0) is 13.1. The van der Waals surface area contributed by atoms with Gasteiger partial charge in [-0.25, -0.2) is 14.6 Å². The smallest absolute Gasteiger partial charge is 0.215 e. The van der Waals surface area contributed by atoms with Crippen molar-refractivity contribution in [3.63, 3.8) is 0 Å². The number of aryl methyl sites for hydroxylation is 2. The van der Waals surface area contributed by atoms with Crippen molar-refractivity contribution >= 4 is 23.4 Å². The van der Waals surface area contributed by atoms with E-state index < -0.39 is 0 Å². The molecule has 0 spiro atoms. The van der Waals surface area contributed by atoms with Gasteiger partial charge in [0.1, 0.15) is 16.0 Å². The highest BCUT2D eigenvalue weighted by atomic mass is 35.5. The van der Waals surface area contributed by atoms with Crippen molar-refractivity contribution < 1.29 is 0 Å². The fraction of sp³-hybridized carbons (Fsp3) is 0.500. The number of aromatic nitrogens is 6. The summed E-state index contributed by atoms with van der Waals surface area (Å²) in [4.78, 5) is 8.75. The molecule has 0 saturated carbocycles. The second kappa shape index (κ2) is 5.62. The molecule has 0 amide bonds. The van der Waals surface area contributed by atoms with Crippen LogP contribution in [0.4, 0.5) is 0 Å². The van der Waals surface area contributed by atoms with Crippen molar-refractivity contribution in [1.29, 1.82) is 0 Å². The Bertz CT molecular complexity index is 555. The molecule has 0 atom stereocenters. The minimum Gasteiger partial charge on any atom is -0.226 e. The van der Waals surface area contributed by atoms with E-state index in [0.29, 0.717) is 10.3 Å². The first-order valence-corrected chi connectivity index (χ1v) is 6.74. The monoisotopic (exact) mass is 284 g/mol. The molecule has 0 aliphatic rings. The first-order chi connectivity index (χ1) is 8.61. The largest absolute Gasteiger partial charge is 0.226 e. The number of hydrogen-bond acceptors (Lipinski definition) is 6. The zero-order valence-corrected chi connectivity index (χ0v) is 12.0. The van der Waals surface area contributed by atoms with Crippen LogP contribution in [0.1, 0.15) is 24.7 Å². The van der Waals surface area contributed by atoms with Gasteiger partial charge in [0, 0.05) is 19.0 Å². The third-order valence-electron chi connectivity index (χ3n) is 2.33. The SMILES string of the molecule is CCCc1nc(Cl)c(C)c(Sc2nnnn2C)n1. The van der Waals surface area contributed by atoms with Crippen LogP contribution in [0.5, 0.6) is 0 Å². The predicted molar refractivity (Wildman–Crippen MR) is 68.7 cm³/mol. The van der Waals surface area contributed by atoms with Crippen LogP contribution >= 0.6 is 23.4 Å². The first kappa shape index (κ1) is 13.2. The third-order valence-corrected chi connectivity index (χ3v) is 3.82. The molecule has 8 heteroatoms. The third kappa shape index (κ3) is 2.78. The standard InChI is InChI=1S/C10H13ClN6S/c1-4-5-7-12-8(11)6(2)9(13-7)18-10-14-15-16-17(10)3/h4-5H2,1-3H3. The van der Waals surface area contributed by atoms with Crippen LogP contribution in [0.2, 0.25) is 5.15 Å². The number of nitrogens with zero attached hydrogens (tertiary/aromatic N) is 6. The number of rotatable bonds is 4. The van der Waals surface area contributed by atoms with Crippen LogP contribution in [0.15, 0.2) is 10.2 Å². The summed E-state index contributed by atoms with van der Waals surface area (Å²) in [5.74, 6) is 0.755. The summed E-state index contributed by atoms with van der Waals surface area (Å²) in [6.45, 7) is 3.97. The lowest BCUT2D eigenvalue weighted by atomic mass is 10.3. The maximum absolute atomic E-state index is 6.11. The van der Waals surface area contributed by atoms with Crippen molar-refractivity contribution in [2.45, 2.75) is 36.9 Å². The Kier molecular flexibility index (Phi) is 4.13. The summed E-state index contributed by atoms with van der Waals surface area (Å²) in [5.41, 5.74) is 0.851. The van der Waals surface area contributed by atoms with Gasteiger partial charge < -0.3 is 0 Å². The van der Waals surface area contributed by atoms with Crippen molar-refractivity contribution in [2.75, 3.05) is 0 Å². The lowest BCUT2D eigenvalue weighted by Crippen LogP contribution is -2.01. The first-order valence-electron chi connectivity index (χ1n) is 5.55. The van der Waals surface area contributed by atoms with E-state index in [1.807, 2.05) is 6.92 Å². The van der Waals surface area contributed by atoms with Gasteiger partial charge in [0.25, 0.3) is 0 Å². The van der Waals surface area contributed by atoms with Crippen molar-refractivity contribution in [3.05, 3.63) is 16.5 Å². The fourth-order valence-electron chi connectivity index (χ4n) is 1.34. The van der Waals surface area contributed by atoms with Gasteiger partial charge in [0.15, 0.2) is 0 Å². The summed E-state index contributed by atoms with van der Waals surface area (Å²) in [5, 5.41) is 13.3. The van der Waals surface area contributed by atoms with Crippen molar-refractivity contribution in [1.82, 2.24) is 30.2 Å². The zero-order valence-electron chi connectivity index (χ0n) is 10.4. The Morgan fingerprint density at radius 2 is 2.11 bits per heavy atom. The van der Waals surface area contributed by atoms with Crippen LogP contribution < -0.4 is 0 Å². The Hall–Kier alpha value is -1.21. The molecule has 0 aliphatic carbocycles. The lowest BCUT2D eigenvalue weighted by Gasteiger charge is -2.07. The van der Waals surface area contributed by atoms with E-state index >= 15 is 0 Å². The highest BCUT2D eigenvalue weighted by molar-refractivity contribution is 7.99. The number of halogens is 1. The predicted octanol–water partition coefficient (Wildman–Crippen LogP) is 2.07. The van der Waals surface area contributed by atoms with Gasteiger partial charge in [0.05, 0.1) is 0 Å². The molecule has 2 aromatic heterocycles. The fourth-order valence-corrected chi connectivity index (χ4v) is 2.40. The van der Waals surface area contributed by atoms with E-state index in [2.05, 4.69) is 32.4 Å². The molecule has 0 radical (unpaired) electrons. The maximum Gasteiger partial charge on any atom is 0.215 e. The van der Waals surface area contributed by atoms with Gasteiger partial charge in [-0.05, 0) is 35.5 Å². The summed E-state index contributed by atoms with van der Waals surface area (Å²) in [6.07, 6.45) is 1.79. The highest BCUT2D eigenvalue weighted by Gasteiger charge is 2.13. The highest BCUT2D eigenvalue weighted by Crippen LogP contribution is 2.29. The van der Waals surface area contributed by atoms with Crippen LogP contribution in [-0.4, -0.2) is 30.2 Å². The van der Waals surface area contributed by atoms with Crippen molar-refractivity contribution in [2.24, 2.45) is 7.05 Å². The van der Waals surface area contributed by atoms with E-state index in [9.17, 15) is 0 Å². The molecular weight excluding hydrogens is 272 g/mol. The summed E-state index contributed by atoms with van der Waals surface area (Å²) < 4.78 is 1.60. The Balaban J connectivity index is 2.34. The molecule has 0 aromatic carbocycles.